The normalized spacial score (nSPS) is 15.0. The Morgan fingerprint density at radius 1 is 1.07 bits per heavy atom. The summed E-state index contributed by atoms with van der Waals surface area (Å²) in [6.45, 7) is 11.6. The van der Waals surface area contributed by atoms with Gasteiger partial charge in [0.15, 0.2) is 11.5 Å². The van der Waals surface area contributed by atoms with Gasteiger partial charge in [0.25, 0.3) is 0 Å². The molecule has 2 atom stereocenters. The number of ether oxygens (including phenoxy) is 2. The summed E-state index contributed by atoms with van der Waals surface area (Å²) in [7, 11) is 1.67. The fourth-order valence-electron chi connectivity index (χ4n) is 3.10. The van der Waals surface area contributed by atoms with Crippen molar-refractivity contribution in [2.45, 2.75) is 72.3 Å². The lowest BCUT2D eigenvalue weighted by atomic mass is 9.83. The Bertz CT molecular complexity index is 544. The van der Waals surface area contributed by atoms with E-state index in [0.29, 0.717) is 12.5 Å². The number of hydrogen-bond acceptors (Lipinski definition) is 4. The topological polar surface area (TPSA) is 64.7 Å². The van der Waals surface area contributed by atoms with Crippen molar-refractivity contribution >= 4 is 0 Å². The standard InChI is InChI=1S/C23H41NO3/c1-17(2)8-7-9-19(5)15-27-21-11-10-20(14-22(21)26-6)12-13-23(24,16-25)18(3)4/h10-11,14,17-19,25H,7-9,12-13,15-16,24H2,1-6H3. The Kier molecular flexibility index (Phi) is 10.2. The average Bonchev–Trinajstić information content (AvgIpc) is 2.64. The van der Waals surface area contributed by atoms with E-state index in [1.54, 1.807) is 7.11 Å². The Balaban J connectivity index is 2.61. The summed E-state index contributed by atoms with van der Waals surface area (Å²) in [6, 6.07) is 6.08. The summed E-state index contributed by atoms with van der Waals surface area (Å²) in [6.07, 6.45) is 5.25. The molecule has 0 aliphatic carbocycles. The molecule has 0 bridgehead atoms. The van der Waals surface area contributed by atoms with Crippen LogP contribution in [-0.4, -0.2) is 31.0 Å². The number of aliphatic hydroxyl groups excluding tert-OH is 1. The van der Waals surface area contributed by atoms with Crippen molar-refractivity contribution in [3.05, 3.63) is 23.8 Å². The number of nitrogens with two attached hydrogens (primary N) is 1. The third-order valence-electron chi connectivity index (χ3n) is 5.55. The first kappa shape index (κ1) is 23.8. The number of rotatable bonds is 13. The van der Waals surface area contributed by atoms with Gasteiger partial charge in [0.05, 0.1) is 20.3 Å². The molecule has 4 heteroatoms. The number of benzene rings is 1. The van der Waals surface area contributed by atoms with Crippen LogP contribution in [0.2, 0.25) is 0 Å². The van der Waals surface area contributed by atoms with Crippen LogP contribution in [-0.2, 0) is 6.42 Å². The van der Waals surface area contributed by atoms with Crippen LogP contribution in [0.4, 0.5) is 0 Å². The Hall–Kier alpha value is -1.26. The number of aliphatic hydroxyl groups is 1. The maximum atomic E-state index is 9.62. The van der Waals surface area contributed by atoms with E-state index in [-0.39, 0.29) is 12.5 Å². The first-order valence-corrected chi connectivity index (χ1v) is 10.4. The van der Waals surface area contributed by atoms with Gasteiger partial charge < -0.3 is 20.3 Å². The van der Waals surface area contributed by atoms with Crippen LogP contribution in [0.25, 0.3) is 0 Å². The predicted octanol–water partition coefficient (Wildman–Crippen LogP) is 4.81. The molecular formula is C23H41NO3. The molecule has 0 fully saturated rings. The molecule has 1 rings (SSSR count). The van der Waals surface area contributed by atoms with E-state index >= 15 is 0 Å². The molecule has 3 N–H and O–H groups in total. The summed E-state index contributed by atoms with van der Waals surface area (Å²) in [5.41, 5.74) is 6.92. The predicted molar refractivity (Wildman–Crippen MR) is 114 cm³/mol. The maximum Gasteiger partial charge on any atom is 0.161 e. The third kappa shape index (κ3) is 8.10. The maximum absolute atomic E-state index is 9.62. The van der Waals surface area contributed by atoms with Gasteiger partial charge in [-0.1, -0.05) is 53.5 Å². The lowest BCUT2D eigenvalue weighted by molar-refractivity contribution is 0.146. The summed E-state index contributed by atoms with van der Waals surface area (Å²) in [4.78, 5) is 0. The molecule has 2 unspecified atom stereocenters. The minimum Gasteiger partial charge on any atom is -0.493 e. The van der Waals surface area contributed by atoms with Crippen molar-refractivity contribution in [2.75, 3.05) is 20.3 Å². The van der Waals surface area contributed by atoms with Crippen LogP contribution >= 0.6 is 0 Å². The van der Waals surface area contributed by atoms with E-state index in [2.05, 4.69) is 40.7 Å². The molecule has 0 heterocycles. The lowest BCUT2D eigenvalue weighted by Crippen LogP contribution is -2.48. The zero-order chi connectivity index (χ0) is 20.4. The average molecular weight is 380 g/mol. The van der Waals surface area contributed by atoms with Crippen molar-refractivity contribution < 1.29 is 14.6 Å². The highest BCUT2D eigenvalue weighted by atomic mass is 16.5. The molecule has 0 spiro atoms. The van der Waals surface area contributed by atoms with Crippen molar-refractivity contribution in [3.8, 4) is 11.5 Å². The molecule has 0 saturated carbocycles. The van der Waals surface area contributed by atoms with Gasteiger partial charge in [0.2, 0.25) is 0 Å². The van der Waals surface area contributed by atoms with E-state index in [4.69, 9.17) is 15.2 Å². The van der Waals surface area contributed by atoms with Gasteiger partial charge in [-0.3, -0.25) is 0 Å². The second-order valence-electron chi connectivity index (χ2n) is 8.77. The second-order valence-corrected chi connectivity index (χ2v) is 8.77. The fourth-order valence-corrected chi connectivity index (χ4v) is 3.10. The van der Waals surface area contributed by atoms with Crippen LogP contribution in [0.1, 0.15) is 65.9 Å². The van der Waals surface area contributed by atoms with Crippen molar-refractivity contribution in [1.29, 1.82) is 0 Å². The van der Waals surface area contributed by atoms with Gasteiger partial charge >= 0.3 is 0 Å². The molecule has 0 aliphatic heterocycles. The molecule has 0 amide bonds. The highest BCUT2D eigenvalue weighted by molar-refractivity contribution is 5.43. The van der Waals surface area contributed by atoms with Gasteiger partial charge in [-0.2, -0.15) is 0 Å². The number of methoxy groups -OCH3 is 1. The molecule has 1 aromatic rings. The molecular weight excluding hydrogens is 338 g/mol. The quantitative estimate of drug-likeness (QED) is 0.516. The van der Waals surface area contributed by atoms with Gasteiger partial charge in [-0.15, -0.1) is 0 Å². The van der Waals surface area contributed by atoms with E-state index in [9.17, 15) is 5.11 Å². The Morgan fingerprint density at radius 2 is 1.78 bits per heavy atom. The van der Waals surface area contributed by atoms with E-state index in [1.807, 2.05) is 12.1 Å². The smallest absolute Gasteiger partial charge is 0.161 e. The van der Waals surface area contributed by atoms with Crippen molar-refractivity contribution in [1.82, 2.24) is 0 Å². The first-order chi connectivity index (χ1) is 12.7. The zero-order valence-electron chi connectivity index (χ0n) is 18.3. The molecule has 0 radical (unpaired) electrons. The zero-order valence-corrected chi connectivity index (χ0v) is 18.3. The molecule has 0 aromatic heterocycles. The second kappa shape index (κ2) is 11.6. The van der Waals surface area contributed by atoms with E-state index in [0.717, 1.165) is 35.8 Å². The highest BCUT2D eigenvalue weighted by Crippen LogP contribution is 2.30. The molecule has 1 aromatic carbocycles. The number of hydrogen-bond donors (Lipinski definition) is 2. The molecule has 0 aliphatic rings. The molecule has 27 heavy (non-hydrogen) atoms. The monoisotopic (exact) mass is 379 g/mol. The summed E-state index contributed by atoms with van der Waals surface area (Å²) in [5, 5.41) is 9.62. The summed E-state index contributed by atoms with van der Waals surface area (Å²) < 4.78 is 11.5. The minimum absolute atomic E-state index is 0.00229. The molecule has 156 valence electrons. The third-order valence-corrected chi connectivity index (χ3v) is 5.55. The fraction of sp³-hybridized carbons (Fsp3) is 0.739. The van der Waals surface area contributed by atoms with Crippen LogP contribution < -0.4 is 15.2 Å². The van der Waals surface area contributed by atoms with Crippen LogP contribution in [0.15, 0.2) is 18.2 Å². The van der Waals surface area contributed by atoms with Gasteiger partial charge in [0, 0.05) is 5.54 Å². The summed E-state index contributed by atoms with van der Waals surface area (Å²) >= 11 is 0. The van der Waals surface area contributed by atoms with E-state index in [1.165, 1.54) is 19.3 Å². The Labute approximate surface area is 166 Å². The highest BCUT2D eigenvalue weighted by Gasteiger charge is 2.27. The number of aryl methyl sites for hydroxylation is 1. The SMILES string of the molecule is COc1cc(CCC(N)(CO)C(C)C)ccc1OCC(C)CCCC(C)C. The summed E-state index contributed by atoms with van der Waals surface area (Å²) in [5.74, 6) is 3.07. The Morgan fingerprint density at radius 3 is 2.33 bits per heavy atom. The molecule has 4 nitrogen and oxygen atoms in total. The largest absolute Gasteiger partial charge is 0.493 e. The van der Waals surface area contributed by atoms with Gasteiger partial charge in [-0.05, 0) is 54.7 Å². The van der Waals surface area contributed by atoms with Crippen molar-refractivity contribution in [2.24, 2.45) is 23.5 Å². The molecule has 0 saturated heterocycles. The lowest BCUT2D eigenvalue weighted by Gasteiger charge is -2.31. The van der Waals surface area contributed by atoms with Crippen LogP contribution in [0, 0.1) is 17.8 Å². The van der Waals surface area contributed by atoms with Crippen molar-refractivity contribution in [3.63, 3.8) is 0 Å². The van der Waals surface area contributed by atoms with Gasteiger partial charge in [0.1, 0.15) is 0 Å². The van der Waals surface area contributed by atoms with E-state index < -0.39 is 5.54 Å². The minimum atomic E-state index is -0.548. The first-order valence-electron chi connectivity index (χ1n) is 10.4. The van der Waals surface area contributed by atoms with Crippen LogP contribution in [0.5, 0.6) is 11.5 Å². The van der Waals surface area contributed by atoms with Gasteiger partial charge in [-0.25, -0.2) is 0 Å². The van der Waals surface area contributed by atoms with Crippen LogP contribution in [0.3, 0.4) is 0 Å².